The molecule has 4 aromatic rings. The minimum absolute atomic E-state index is 0.674. The zero-order valence-electron chi connectivity index (χ0n) is 14.5. The Bertz CT molecular complexity index is 1000. The number of thiophene rings is 1. The molecule has 0 saturated heterocycles. The van der Waals surface area contributed by atoms with Gasteiger partial charge in [-0.2, -0.15) is 0 Å². The van der Waals surface area contributed by atoms with Crippen molar-refractivity contribution in [1.82, 2.24) is 19.7 Å². The lowest BCUT2D eigenvalue weighted by Gasteiger charge is -2.07. The number of thioether (sulfide) groups is 1. The number of nitrogens with zero attached hydrogens (tertiary/aromatic N) is 4. The van der Waals surface area contributed by atoms with E-state index >= 15 is 0 Å². The van der Waals surface area contributed by atoms with E-state index in [1.165, 1.54) is 5.56 Å². The van der Waals surface area contributed by atoms with Crippen molar-refractivity contribution in [2.45, 2.75) is 31.3 Å². The molecule has 3 heterocycles. The molecular formula is C19H18N4OS2. The van der Waals surface area contributed by atoms with Gasteiger partial charge in [-0.15, -0.1) is 21.5 Å². The maximum Gasteiger partial charge on any atom is 0.236 e. The molecule has 0 spiro atoms. The Morgan fingerprint density at radius 2 is 2.12 bits per heavy atom. The fraction of sp³-hybridized carbons (Fsp3) is 0.211. The zero-order chi connectivity index (χ0) is 17.9. The molecule has 7 heteroatoms. The molecule has 0 N–H and O–H groups in total. The molecule has 0 atom stereocenters. The van der Waals surface area contributed by atoms with Crippen LogP contribution < -0.4 is 0 Å². The van der Waals surface area contributed by atoms with Crippen molar-refractivity contribution < 1.29 is 4.42 Å². The molecule has 132 valence electrons. The predicted molar refractivity (Wildman–Crippen MR) is 105 cm³/mol. The van der Waals surface area contributed by atoms with Crippen LogP contribution in [0, 0.1) is 6.92 Å². The molecule has 0 aliphatic rings. The van der Waals surface area contributed by atoms with E-state index in [0.717, 1.165) is 33.7 Å². The molecule has 4 rings (SSSR count). The van der Waals surface area contributed by atoms with Crippen LogP contribution in [0.25, 0.3) is 22.2 Å². The van der Waals surface area contributed by atoms with Crippen molar-refractivity contribution in [2.75, 3.05) is 0 Å². The third-order valence-corrected chi connectivity index (χ3v) is 5.80. The van der Waals surface area contributed by atoms with E-state index in [4.69, 9.17) is 4.42 Å². The Balaban J connectivity index is 1.52. The summed E-state index contributed by atoms with van der Waals surface area (Å²) in [5, 5.41) is 11.7. The standard InChI is InChI=1S/C19H18N4OS2/c1-3-23-17(14-7-4-6-13(2)10-14)21-22-19(23)26-12-15-11-24-18(20-15)16-8-5-9-25-16/h4-11H,3,12H2,1-2H3. The van der Waals surface area contributed by atoms with Crippen LogP contribution in [-0.2, 0) is 12.3 Å². The SMILES string of the molecule is CCn1c(SCc2coc(-c3cccs3)n2)nnc1-c1cccc(C)c1. The molecule has 1 aromatic carbocycles. The number of aromatic nitrogens is 4. The quantitative estimate of drug-likeness (QED) is 0.425. The van der Waals surface area contributed by atoms with Crippen molar-refractivity contribution in [2.24, 2.45) is 0 Å². The first-order chi connectivity index (χ1) is 12.7. The van der Waals surface area contributed by atoms with E-state index < -0.39 is 0 Å². The molecule has 0 saturated carbocycles. The third kappa shape index (κ3) is 3.45. The first kappa shape index (κ1) is 17.1. The van der Waals surface area contributed by atoms with Crippen LogP contribution in [0.3, 0.4) is 0 Å². The highest BCUT2D eigenvalue weighted by Crippen LogP contribution is 2.28. The van der Waals surface area contributed by atoms with Crippen molar-refractivity contribution in [1.29, 1.82) is 0 Å². The van der Waals surface area contributed by atoms with Crippen molar-refractivity contribution in [3.05, 3.63) is 59.3 Å². The highest BCUT2D eigenvalue weighted by Gasteiger charge is 2.15. The van der Waals surface area contributed by atoms with E-state index in [2.05, 4.69) is 51.8 Å². The number of rotatable bonds is 6. The maximum absolute atomic E-state index is 5.58. The van der Waals surface area contributed by atoms with Gasteiger partial charge in [0, 0.05) is 17.9 Å². The van der Waals surface area contributed by atoms with Crippen LogP contribution in [0.5, 0.6) is 0 Å². The average molecular weight is 383 g/mol. The van der Waals surface area contributed by atoms with Gasteiger partial charge >= 0.3 is 0 Å². The smallest absolute Gasteiger partial charge is 0.236 e. The molecule has 0 fully saturated rings. The van der Waals surface area contributed by atoms with Crippen LogP contribution >= 0.6 is 23.1 Å². The second kappa shape index (κ2) is 7.47. The summed E-state index contributed by atoms with van der Waals surface area (Å²) < 4.78 is 7.72. The number of benzene rings is 1. The normalized spacial score (nSPS) is 11.2. The monoisotopic (exact) mass is 382 g/mol. The van der Waals surface area contributed by atoms with E-state index in [1.54, 1.807) is 29.4 Å². The predicted octanol–water partition coefficient (Wildman–Crippen LogP) is 5.28. The van der Waals surface area contributed by atoms with E-state index in [9.17, 15) is 0 Å². The topological polar surface area (TPSA) is 56.7 Å². The molecule has 0 aliphatic heterocycles. The van der Waals surface area contributed by atoms with Gasteiger partial charge in [-0.25, -0.2) is 4.98 Å². The summed E-state index contributed by atoms with van der Waals surface area (Å²) in [5.74, 6) is 2.27. The zero-order valence-corrected chi connectivity index (χ0v) is 16.2. The van der Waals surface area contributed by atoms with Crippen LogP contribution in [0.1, 0.15) is 18.2 Å². The van der Waals surface area contributed by atoms with Gasteiger partial charge in [0.2, 0.25) is 5.89 Å². The summed E-state index contributed by atoms with van der Waals surface area (Å²) in [6, 6.07) is 12.3. The van der Waals surface area contributed by atoms with Gasteiger partial charge in [-0.05, 0) is 31.4 Å². The first-order valence-electron chi connectivity index (χ1n) is 8.36. The highest BCUT2D eigenvalue weighted by molar-refractivity contribution is 7.98. The minimum Gasteiger partial charge on any atom is -0.444 e. The van der Waals surface area contributed by atoms with Gasteiger partial charge in [-0.3, -0.25) is 0 Å². The molecular weight excluding hydrogens is 364 g/mol. The highest BCUT2D eigenvalue weighted by atomic mass is 32.2. The molecule has 5 nitrogen and oxygen atoms in total. The fourth-order valence-corrected chi connectivity index (χ4v) is 4.24. The van der Waals surface area contributed by atoms with E-state index in [1.807, 2.05) is 23.6 Å². The maximum atomic E-state index is 5.58. The van der Waals surface area contributed by atoms with Crippen molar-refractivity contribution >= 4 is 23.1 Å². The van der Waals surface area contributed by atoms with Gasteiger partial charge in [0.25, 0.3) is 0 Å². The Labute approximate surface area is 160 Å². The summed E-state index contributed by atoms with van der Waals surface area (Å²) >= 11 is 3.25. The molecule has 0 bridgehead atoms. The Kier molecular flexibility index (Phi) is 4.90. The van der Waals surface area contributed by atoms with Gasteiger partial charge in [0.05, 0.1) is 10.6 Å². The van der Waals surface area contributed by atoms with Gasteiger partial charge in [0.15, 0.2) is 11.0 Å². The molecule has 26 heavy (non-hydrogen) atoms. The lowest BCUT2D eigenvalue weighted by molar-refractivity contribution is 0.575. The van der Waals surface area contributed by atoms with Crippen molar-refractivity contribution in [3.63, 3.8) is 0 Å². The summed E-state index contributed by atoms with van der Waals surface area (Å²) in [4.78, 5) is 5.61. The third-order valence-electron chi connectivity index (χ3n) is 3.94. The number of aryl methyl sites for hydroxylation is 1. The Morgan fingerprint density at radius 3 is 2.88 bits per heavy atom. The molecule has 3 aromatic heterocycles. The molecule has 0 aliphatic carbocycles. The van der Waals surface area contributed by atoms with Crippen LogP contribution in [0.2, 0.25) is 0 Å². The first-order valence-corrected chi connectivity index (χ1v) is 10.2. The molecule has 0 radical (unpaired) electrons. The van der Waals surface area contributed by atoms with Gasteiger partial charge in [-0.1, -0.05) is 41.6 Å². The molecule has 0 amide bonds. The van der Waals surface area contributed by atoms with E-state index in [-0.39, 0.29) is 0 Å². The second-order valence-electron chi connectivity index (χ2n) is 5.83. The largest absolute Gasteiger partial charge is 0.444 e. The fourth-order valence-electron chi connectivity index (χ4n) is 2.70. The summed E-state index contributed by atoms with van der Waals surface area (Å²) in [6.07, 6.45) is 1.72. The molecule has 0 unspecified atom stereocenters. The average Bonchev–Trinajstić information content (AvgIpc) is 3.38. The van der Waals surface area contributed by atoms with Crippen LogP contribution in [0.4, 0.5) is 0 Å². The Morgan fingerprint density at radius 1 is 1.19 bits per heavy atom. The minimum atomic E-state index is 0.674. The number of hydrogen-bond acceptors (Lipinski definition) is 6. The number of hydrogen-bond donors (Lipinski definition) is 0. The lowest BCUT2D eigenvalue weighted by Crippen LogP contribution is -2.00. The van der Waals surface area contributed by atoms with Crippen LogP contribution in [-0.4, -0.2) is 19.7 Å². The number of oxazole rings is 1. The van der Waals surface area contributed by atoms with Gasteiger partial charge in [0.1, 0.15) is 6.26 Å². The van der Waals surface area contributed by atoms with Crippen molar-refractivity contribution in [3.8, 4) is 22.2 Å². The van der Waals surface area contributed by atoms with Gasteiger partial charge < -0.3 is 8.98 Å². The summed E-state index contributed by atoms with van der Waals surface area (Å²) in [5.41, 5.74) is 3.21. The van der Waals surface area contributed by atoms with Crippen LogP contribution in [0.15, 0.2) is 57.6 Å². The van der Waals surface area contributed by atoms with E-state index in [0.29, 0.717) is 11.6 Å². The second-order valence-corrected chi connectivity index (χ2v) is 7.72. The summed E-state index contributed by atoms with van der Waals surface area (Å²) in [6.45, 7) is 5.01. The lowest BCUT2D eigenvalue weighted by atomic mass is 10.1. The summed E-state index contributed by atoms with van der Waals surface area (Å²) in [7, 11) is 0. The Hall–Kier alpha value is -2.38.